The van der Waals surface area contributed by atoms with Crippen molar-refractivity contribution in [3.8, 4) is 5.88 Å². The van der Waals surface area contributed by atoms with Crippen LogP contribution >= 0.6 is 27.5 Å². The molecule has 3 nitrogen and oxygen atoms in total. The van der Waals surface area contributed by atoms with Crippen molar-refractivity contribution in [2.45, 2.75) is 18.9 Å². The molecule has 0 saturated carbocycles. The summed E-state index contributed by atoms with van der Waals surface area (Å²) in [6.45, 7) is 0. The number of rotatable bonds is 3. The minimum Gasteiger partial charge on any atom is -0.468 e. The van der Waals surface area contributed by atoms with E-state index in [1.54, 1.807) is 6.07 Å². The van der Waals surface area contributed by atoms with Crippen LogP contribution in [0.15, 0.2) is 34.9 Å². The molecule has 20 heavy (non-hydrogen) atoms. The fourth-order valence-electron chi connectivity index (χ4n) is 2.42. The summed E-state index contributed by atoms with van der Waals surface area (Å²) in [5.74, 6) is 0.370. The number of carbonyl (C=O) groups excluding carboxylic acids is 1. The van der Waals surface area contributed by atoms with Crippen molar-refractivity contribution in [1.82, 2.24) is 4.98 Å². The zero-order valence-corrected chi connectivity index (χ0v) is 12.8. The van der Waals surface area contributed by atoms with E-state index in [1.165, 1.54) is 11.8 Å². The van der Waals surface area contributed by atoms with E-state index in [9.17, 15) is 4.79 Å². The third-order valence-corrected chi connectivity index (χ3v) is 4.39. The number of benzene rings is 1. The third kappa shape index (κ3) is 2.45. The highest BCUT2D eigenvalue weighted by Crippen LogP contribution is 2.39. The van der Waals surface area contributed by atoms with Gasteiger partial charge in [0, 0.05) is 16.2 Å². The Balaban J connectivity index is 1.87. The van der Waals surface area contributed by atoms with Crippen molar-refractivity contribution in [1.29, 1.82) is 0 Å². The molecule has 0 radical (unpaired) electrons. The molecule has 1 atom stereocenters. The van der Waals surface area contributed by atoms with Gasteiger partial charge in [0.2, 0.25) is 5.88 Å². The molecule has 1 aromatic carbocycles. The summed E-state index contributed by atoms with van der Waals surface area (Å²) < 4.78 is 7.02. The molecule has 1 aliphatic carbocycles. The number of nitrogens with zero attached hydrogens (tertiary/aromatic N) is 1. The van der Waals surface area contributed by atoms with Crippen molar-refractivity contribution in [3.63, 3.8) is 0 Å². The third-order valence-electron chi connectivity index (χ3n) is 3.38. The first kappa shape index (κ1) is 13.6. The molecule has 0 spiro atoms. The largest absolute Gasteiger partial charge is 0.468 e. The zero-order chi connectivity index (χ0) is 14.1. The minimum absolute atomic E-state index is 0.0467. The highest BCUT2D eigenvalue weighted by atomic mass is 79.9. The van der Waals surface area contributed by atoms with Crippen LogP contribution in [0.1, 0.15) is 34.0 Å². The molecule has 1 unspecified atom stereocenters. The standard InChI is InChI=1S/C15H11BrClNO2/c16-12-3-1-2-11-10(12)4-5-14(11)20-15-13(17)6-9(8-19)7-18-15/h1-3,6-8,14H,4-5H2. The first-order valence-electron chi connectivity index (χ1n) is 6.23. The second-order valence-corrected chi connectivity index (χ2v) is 5.89. The summed E-state index contributed by atoms with van der Waals surface area (Å²) >= 11 is 9.65. The van der Waals surface area contributed by atoms with Crippen LogP contribution < -0.4 is 4.74 Å². The van der Waals surface area contributed by atoms with Gasteiger partial charge in [-0.1, -0.05) is 39.7 Å². The monoisotopic (exact) mass is 351 g/mol. The molecule has 0 amide bonds. The molecule has 1 aromatic heterocycles. The van der Waals surface area contributed by atoms with E-state index < -0.39 is 0 Å². The van der Waals surface area contributed by atoms with Gasteiger partial charge in [0.25, 0.3) is 0 Å². The maximum atomic E-state index is 10.7. The van der Waals surface area contributed by atoms with Gasteiger partial charge in [0.15, 0.2) is 6.29 Å². The minimum atomic E-state index is -0.0467. The molecule has 1 aliphatic rings. The average molecular weight is 353 g/mol. The van der Waals surface area contributed by atoms with Gasteiger partial charge in [-0.2, -0.15) is 0 Å². The first-order chi connectivity index (χ1) is 9.69. The Morgan fingerprint density at radius 2 is 2.30 bits per heavy atom. The number of halogens is 2. The lowest BCUT2D eigenvalue weighted by Crippen LogP contribution is -2.05. The summed E-state index contributed by atoms with van der Waals surface area (Å²) in [4.78, 5) is 14.8. The van der Waals surface area contributed by atoms with E-state index in [2.05, 4.69) is 27.0 Å². The quantitative estimate of drug-likeness (QED) is 0.770. The van der Waals surface area contributed by atoms with E-state index in [4.69, 9.17) is 16.3 Å². The zero-order valence-electron chi connectivity index (χ0n) is 10.5. The maximum Gasteiger partial charge on any atom is 0.233 e. The SMILES string of the molecule is O=Cc1cnc(OC2CCc3c(Br)cccc32)c(Cl)c1. The van der Waals surface area contributed by atoms with Crippen molar-refractivity contribution >= 4 is 33.8 Å². The van der Waals surface area contributed by atoms with Crippen LogP contribution in [-0.4, -0.2) is 11.3 Å². The van der Waals surface area contributed by atoms with Crippen molar-refractivity contribution in [2.24, 2.45) is 0 Å². The van der Waals surface area contributed by atoms with Crippen LogP contribution in [-0.2, 0) is 6.42 Å². The van der Waals surface area contributed by atoms with Gasteiger partial charge >= 0.3 is 0 Å². The van der Waals surface area contributed by atoms with E-state index in [1.807, 2.05) is 12.1 Å². The highest BCUT2D eigenvalue weighted by Gasteiger charge is 2.26. The first-order valence-corrected chi connectivity index (χ1v) is 7.41. The molecule has 102 valence electrons. The van der Waals surface area contributed by atoms with E-state index in [-0.39, 0.29) is 6.10 Å². The van der Waals surface area contributed by atoms with Crippen LogP contribution in [0, 0.1) is 0 Å². The molecule has 0 fully saturated rings. The number of pyridine rings is 1. The van der Waals surface area contributed by atoms with Crippen molar-refractivity contribution in [2.75, 3.05) is 0 Å². The summed E-state index contributed by atoms with van der Waals surface area (Å²) in [6.07, 6.45) is 3.99. The second-order valence-electron chi connectivity index (χ2n) is 4.63. The number of aromatic nitrogens is 1. The number of hydrogen-bond acceptors (Lipinski definition) is 3. The average Bonchev–Trinajstić information content (AvgIpc) is 2.86. The van der Waals surface area contributed by atoms with Crippen LogP contribution in [0.25, 0.3) is 0 Å². The molecule has 5 heteroatoms. The van der Waals surface area contributed by atoms with Crippen molar-refractivity contribution < 1.29 is 9.53 Å². The van der Waals surface area contributed by atoms with Gasteiger partial charge in [-0.15, -0.1) is 0 Å². The van der Waals surface area contributed by atoms with Crippen LogP contribution in [0.2, 0.25) is 5.02 Å². The lowest BCUT2D eigenvalue weighted by Gasteiger charge is -2.15. The van der Waals surface area contributed by atoms with Crippen LogP contribution in [0.3, 0.4) is 0 Å². The molecule has 3 rings (SSSR count). The molecule has 1 heterocycles. The second kappa shape index (κ2) is 5.54. The molecular weight excluding hydrogens is 342 g/mol. The van der Waals surface area contributed by atoms with E-state index in [0.29, 0.717) is 22.8 Å². The summed E-state index contributed by atoms with van der Waals surface area (Å²) in [6, 6.07) is 7.65. The lowest BCUT2D eigenvalue weighted by molar-refractivity contribution is 0.112. The summed E-state index contributed by atoms with van der Waals surface area (Å²) in [5.41, 5.74) is 2.88. The van der Waals surface area contributed by atoms with Gasteiger partial charge in [-0.05, 0) is 36.1 Å². The van der Waals surface area contributed by atoms with Gasteiger partial charge in [-0.25, -0.2) is 4.98 Å². The van der Waals surface area contributed by atoms with Gasteiger partial charge < -0.3 is 4.74 Å². The Morgan fingerprint density at radius 1 is 1.45 bits per heavy atom. The number of carbonyl (C=O) groups is 1. The molecule has 0 N–H and O–H groups in total. The van der Waals surface area contributed by atoms with Crippen molar-refractivity contribution in [3.05, 3.63) is 56.6 Å². The smallest absolute Gasteiger partial charge is 0.233 e. The fourth-order valence-corrected chi connectivity index (χ4v) is 3.22. The number of aldehydes is 1. The number of hydrogen-bond donors (Lipinski definition) is 0. The topological polar surface area (TPSA) is 39.2 Å². The van der Waals surface area contributed by atoms with Crippen LogP contribution in [0.5, 0.6) is 5.88 Å². The Bertz CT molecular complexity index is 675. The Labute approximate surface area is 130 Å². The molecule has 0 aliphatic heterocycles. The molecule has 0 bridgehead atoms. The Kier molecular flexibility index (Phi) is 3.76. The fraction of sp³-hybridized carbons (Fsp3) is 0.200. The lowest BCUT2D eigenvalue weighted by atomic mass is 10.1. The van der Waals surface area contributed by atoms with Crippen LogP contribution in [0.4, 0.5) is 0 Å². The number of ether oxygens (including phenoxy) is 1. The predicted octanol–water partition coefficient (Wildman–Crippen LogP) is 4.38. The van der Waals surface area contributed by atoms with E-state index in [0.717, 1.165) is 22.9 Å². The normalized spacial score (nSPS) is 16.8. The molecule has 2 aromatic rings. The summed E-state index contributed by atoms with van der Waals surface area (Å²) in [7, 11) is 0. The number of fused-ring (bicyclic) bond motifs is 1. The molecular formula is C15H11BrClNO2. The van der Waals surface area contributed by atoms with Gasteiger partial charge in [-0.3, -0.25) is 4.79 Å². The van der Waals surface area contributed by atoms with Gasteiger partial charge in [0.1, 0.15) is 11.1 Å². The summed E-state index contributed by atoms with van der Waals surface area (Å²) in [5, 5.41) is 0.359. The van der Waals surface area contributed by atoms with Gasteiger partial charge in [0.05, 0.1) is 0 Å². The maximum absolute atomic E-state index is 10.7. The predicted molar refractivity (Wildman–Crippen MR) is 80.5 cm³/mol. The highest BCUT2D eigenvalue weighted by molar-refractivity contribution is 9.10. The Hall–Kier alpha value is -1.39. The molecule has 0 saturated heterocycles. The Morgan fingerprint density at radius 3 is 3.05 bits per heavy atom. The van der Waals surface area contributed by atoms with E-state index >= 15 is 0 Å².